The second kappa shape index (κ2) is 6.18. The van der Waals surface area contributed by atoms with Crippen molar-refractivity contribution in [3.63, 3.8) is 0 Å². The molecular formula is C15H23NO. The molecule has 0 spiro atoms. The number of rotatable bonds is 3. The Morgan fingerprint density at radius 3 is 2.76 bits per heavy atom. The topological polar surface area (TPSA) is 21.3 Å². The summed E-state index contributed by atoms with van der Waals surface area (Å²) < 4.78 is 5.58. The Kier molecular flexibility index (Phi) is 4.57. The summed E-state index contributed by atoms with van der Waals surface area (Å²) in [5.74, 6) is 1.23. The molecule has 0 amide bonds. The molecule has 2 heteroatoms. The Hall–Kier alpha value is -0.860. The first kappa shape index (κ1) is 12.6. The van der Waals surface area contributed by atoms with Crippen molar-refractivity contribution in [1.82, 2.24) is 5.32 Å². The molecular weight excluding hydrogens is 210 g/mol. The van der Waals surface area contributed by atoms with Crippen LogP contribution in [0, 0.1) is 5.92 Å². The molecule has 2 nitrogen and oxygen atoms in total. The highest BCUT2D eigenvalue weighted by Gasteiger charge is 2.12. The number of hydrogen-bond acceptors (Lipinski definition) is 2. The molecule has 2 rings (SSSR count). The van der Waals surface area contributed by atoms with Crippen LogP contribution >= 0.6 is 0 Å². The summed E-state index contributed by atoms with van der Waals surface area (Å²) in [5, 5.41) is 3.42. The third kappa shape index (κ3) is 3.83. The van der Waals surface area contributed by atoms with E-state index >= 15 is 0 Å². The smallest absolute Gasteiger partial charge is 0.0591 e. The van der Waals surface area contributed by atoms with Crippen LogP contribution in [0.3, 0.4) is 0 Å². The van der Waals surface area contributed by atoms with Crippen LogP contribution < -0.4 is 5.32 Å². The molecule has 94 valence electrons. The molecule has 1 unspecified atom stereocenters. The van der Waals surface area contributed by atoms with Gasteiger partial charge in [0, 0.05) is 13.1 Å². The summed E-state index contributed by atoms with van der Waals surface area (Å²) in [6, 6.07) is 9.04. The standard InChI is InChI=1S/C15H23NO/c1-12(2)15-5-3-13(4-6-15)9-14-10-16-7-8-17-11-14/h3-6,12,14,16H,7-11H2,1-2H3. The average Bonchev–Trinajstić information content (AvgIpc) is 2.58. The van der Waals surface area contributed by atoms with Crippen molar-refractivity contribution in [2.45, 2.75) is 26.2 Å². The number of ether oxygens (including phenoxy) is 1. The summed E-state index contributed by atoms with van der Waals surface area (Å²) in [6.07, 6.45) is 1.12. The van der Waals surface area contributed by atoms with E-state index in [1.54, 1.807) is 0 Å². The van der Waals surface area contributed by atoms with E-state index in [9.17, 15) is 0 Å². The maximum absolute atomic E-state index is 5.58. The van der Waals surface area contributed by atoms with E-state index in [1.807, 2.05) is 0 Å². The van der Waals surface area contributed by atoms with Gasteiger partial charge in [-0.1, -0.05) is 38.1 Å². The molecule has 1 aliphatic heterocycles. The fourth-order valence-electron chi connectivity index (χ4n) is 2.26. The van der Waals surface area contributed by atoms with Gasteiger partial charge in [-0.05, 0) is 29.4 Å². The SMILES string of the molecule is CC(C)c1ccc(CC2CNCCOC2)cc1. The maximum Gasteiger partial charge on any atom is 0.0591 e. The lowest BCUT2D eigenvalue weighted by molar-refractivity contribution is 0.123. The van der Waals surface area contributed by atoms with Crippen LogP contribution in [-0.4, -0.2) is 26.3 Å². The monoisotopic (exact) mass is 233 g/mol. The minimum absolute atomic E-state index is 0.613. The molecule has 0 radical (unpaired) electrons. The first-order chi connectivity index (χ1) is 8.25. The lowest BCUT2D eigenvalue weighted by Gasteiger charge is -2.14. The van der Waals surface area contributed by atoms with Gasteiger partial charge in [0.15, 0.2) is 0 Å². The molecule has 1 heterocycles. The van der Waals surface area contributed by atoms with Gasteiger partial charge in [-0.3, -0.25) is 0 Å². The second-order valence-electron chi connectivity index (χ2n) is 5.25. The van der Waals surface area contributed by atoms with Gasteiger partial charge in [-0.15, -0.1) is 0 Å². The molecule has 1 aromatic carbocycles. The van der Waals surface area contributed by atoms with E-state index in [-0.39, 0.29) is 0 Å². The third-order valence-corrected chi connectivity index (χ3v) is 3.38. The molecule has 17 heavy (non-hydrogen) atoms. The van der Waals surface area contributed by atoms with Crippen molar-refractivity contribution in [3.8, 4) is 0 Å². The van der Waals surface area contributed by atoms with E-state index in [0.29, 0.717) is 11.8 Å². The van der Waals surface area contributed by atoms with Gasteiger partial charge in [0.2, 0.25) is 0 Å². The molecule has 0 saturated carbocycles. The molecule has 1 aliphatic rings. The zero-order valence-electron chi connectivity index (χ0n) is 10.9. The Balaban J connectivity index is 1.93. The average molecular weight is 233 g/mol. The van der Waals surface area contributed by atoms with Crippen molar-refractivity contribution in [2.24, 2.45) is 5.92 Å². The summed E-state index contributed by atoms with van der Waals surface area (Å²) >= 11 is 0. The molecule has 0 aliphatic carbocycles. The van der Waals surface area contributed by atoms with Crippen LogP contribution in [0.1, 0.15) is 30.9 Å². The zero-order valence-corrected chi connectivity index (χ0v) is 10.9. The minimum atomic E-state index is 0.613. The fraction of sp³-hybridized carbons (Fsp3) is 0.600. The first-order valence-electron chi connectivity index (χ1n) is 6.63. The predicted octanol–water partition coefficient (Wildman–Crippen LogP) is 2.59. The minimum Gasteiger partial charge on any atom is -0.380 e. The van der Waals surface area contributed by atoms with Gasteiger partial charge in [-0.25, -0.2) is 0 Å². The van der Waals surface area contributed by atoms with Crippen LogP contribution in [0.15, 0.2) is 24.3 Å². The zero-order chi connectivity index (χ0) is 12.1. The van der Waals surface area contributed by atoms with E-state index < -0.39 is 0 Å². The summed E-state index contributed by atoms with van der Waals surface area (Å²) in [7, 11) is 0. The summed E-state index contributed by atoms with van der Waals surface area (Å²) in [4.78, 5) is 0. The van der Waals surface area contributed by atoms with Gasteiger partial charge < -0.3 is 10.1 Å². The van der Waals surface area contributed by atoms with Crippen LogP contribution in [0.4, 0.5) is 0 Å². The Morgan fingerprint density at radius 1 is 1.29 bits per heavy atom. The van der Waals surface area contributed by atoms with Gasteiger partial charge >= 0.3 is 0 Å². The fourth-order valence-corrected chi connectivity index (χ4v) is 2.26. The highest BCUT2D eigenvalue weighted by molar-refractivity contribution is 5.25. The van der Waals surface area contributed by atoms with Gasteiger partial charge in [0.25, 0.3) is 0 Å². The van der Waals surface area contributed by atoms with Crippen molar-refractivity contribution < 1.29 is 4.74 Å². The van der Waals surface area contributed by atoms with Crippen molar-refractivity contribution in [1.29, 1.82) is 0 Å². The van der Waals surface area contributed by atoms with Gasteiger partial charge in [-0.2, -0.15) is 0 Å². The van der Waals surface area contributed by atoms with E-state index in [2.05, 4.69) is 43.4 Å². The molecule has 0 aromatic heterocycles. The highest BCUT2D eigenvalue weighted by atomic mass is 16.5. The molecule has 1 saturated heterocycles. The second-order valence-corrected chi connectivity index (χ2v) is 5.25. The number of nitrogens with one attached hydrogen (secondary N) is 1. The number of benzene rings is 1. The third-order valence-electron chi connectivity index (χ3n) is 3.38. The lowest BCUT2D eigenvalue weighted by Crippen LogP contribution is -2.24. The van der Waals surface area contributed by atoms with Crippen LogP contribution in [0.25, 0.3) is 0 Å². The van der Waals surface area contributed by atoms with Crippen LogP contribution in [0.5, 0.6) is 0 Å². The molecule has 1 aromatic rings. The molecule has 1 atom stereocenters. The van der Waals surface area contributed by atoms with Crippen LogP contribution in [-0.2, 0) is 11.2 Å². The van der Waals surface area contributed by atoms with Gasteiger partial charge in [0.1, 0.15) is 0 Å². The highest BCUT2D eigenvalue weighted by Crippen LogP contribution is 2.17. The Morgan fingerprint density at radius 2 is 2.06 bits per heavy atom. The van der Waals surface area contributed by atoms with E-state index in [0.717, 1.165) is 32.7 Å². The van der Waals surface area contributed by atoms with Crippen molar-refractivity contribution >= 4 is 0 Å². The summed E-state index contributed by atoms with van der Waals surface area (Å²) in [5.41, 5.74) is 2.84. The van der Waals surface area contributed by atoms with E-state index in [1.165, 1.54) is 11.1 Å². The quantitative estimate of drug-likeness (QED) is 0.866. The van der Waals surface area contributed by atoms with Crippen LogP contribution in [0.2, 0.25) is 0 Å². The van der Waals surface area contributed by atoms with Gasteiger partial charge in [0.05, 0.1) is 13.2 Å². The Bertz CT molecular complexity index is 323. The largest absolute Gasteiger partial charge is 0.380 e. The molecule has 1 fully saturated rings. The van der Waals surface area contributed by atoms with Crippen molar-refractivity contribution in [2.75, 3.05) is 26.3 Å². The summed E-state index contributed by atoms with van der Waals surface area (Å²) in [6.45, 7) is 8.27. The van der Waals surface area contributed by atoms with E-state index in [4.69, 9.17) is 4.74 Å². The molecule has 0 bridgehead atoms. The molecule has 1 N–H and O–H groups in total. The number of hydrogen-bond donors (Lipinski definition) is 1. The Labute approximate surface area is 104 Å². The lowest BCUT2D eigenvalue weighted by atomic mass is 9.96. The normalized spacial score (nSPS) is 21.5. The first-order valence-corrected chi connectivity index (χ1v) is 6.63. The van der Waals surface area contributed by atoms with Crippen molar-refractivity contribution in [3.05, 3.63) is 35.4 Å². The maximum atomic E-state index is 5.58. The predicted molar refractivity (Wildman–Crippen MR) is 71.4 cm³/mol.